The Morgan fingerprint density at radius 1 is 0.867 bits per heavy atom. The van der Waals surface area contributed by atoms with Gasteiger partial charge in [-0.05, 0) is 75.2 Å². The first-order chi connectivity index (χ1) is 14.4. The van der Waals surface area contributed by atoms with Crippen molar-refractivity contribution >= 4 is 17.9 Å². The van der Waals surface area contributed by atoms with E-state index in [1.807, 2.05) is 82.3 Å². The molecule has 0 heterocycles. The first-order valence-corrected chi connectivity index (χ1v) is 10.1. The summed E-state index contributed by atoms with van der Waals surface area (Å²) >= 11 is 0. The lowest BCUT2D eigenvalue weighted by molar-refractivity contribution is 0.242. The van der Waals surface area contributed by atoms with E-state index in [-0.39, 0.29) is 12.2 Å². The highest BCUT2D eigenvalue weighted by atomic mass is 16.5. The summed E-state index contributed by atoms with van der Waals surface area (Å²) in [4.78, 5) is 4.29. The normalized spacial score (nSPS) is 12.2. The van der Waals surface area contributed by atoms with Crippen LogP contribution >= 0.6 is 0 Å². The highest BCUT2D eigenvalue weighted by Gasteiger charge is 2.06. The van der Waals surface area contributed by atoms with Gasteiger partial charge in [-0.1, -0.05) is 30.8 Å². The SMILES string of the molecule is C=C(\C(=C/C=N/C=C/c1ccc(OC(C)C)cc1)OC)c1ccc(OC(C)C)cc1. The van der Waals surface area contributed by atoms with Crippen molar-refractivity contribution in [2.24, 2.45) is 4.99 Å². The molecule has 2 aromatic carbocycles. The molecule has 0 aromatic heterocycles. The fourth-order valence-corrected chi connectivity index (χ4v) is 2.66. The third-order valence-corrected chi connectivity index (χ3v) is 4.01. The van der Waals surface area contributed by atoms with E-state index in [2.05, 4.69) is 11.6 Å². The molecule has 0 saturated carbocycles. The number of aliphatic imine (C=N–C) groups is 1. The fraction of sp³-hybridized carbons (Fsp3) is 0.269. The van der Waals surface area contributed by atoms with Crippen molar-refractivity contribution in [2.45, 2.75) is 39.9 Å². The Balaban J connectivity index is 1.97. The van der Waals surface area contributed by atoms with Crippen LogP contribution in [0.2, 0.25) is 0 Å². The topological polar surface area (TPSA) is 40.0 Å². The summed E-state index contributed by atoms with van der Waals surface area (Å²) in [6.07, 6.45) is 7.46. The minimum atomic E-state index is 0.143. The molecule has 0 saturated heterocycles. The summed E-state index contributed by atoms with van der Waals surface area (Å²) in [5.74, 6) is 2.35. The molecule has 4 heteroatoms. The van der Waals surface area contributed by atoms with E-state index >= 15 is 0 Å². The van der Waals surface area contributed by atoms with Crippen LogP contribution in [-0.4, -0.2) is 25.5 Å². The first kappa shape index (κ1) is 23.0. The number of allylic oxidation sites excluding steroid dienone is 2. The molecule has 0 aliphatic carbocycles. The average Bonchev–Trinajstić information content (AvgIpc) is 2.71. The van der Waals surface area contributed by atoms with E-state index in [4.69, 9.17) is 14.2 Å². The van der Waals surface area contributed by atoms with Crippen molar-refractivity contribution in [3.8, 4) is 11.5 Å². The number of benzene rings is 2. The third-order valence-electron chi connectivity index (χ3n) is 4.01. The second kappa shape index (κ2) is 11.7. The van der Waals surface area contributed by atoms with Crippen molar-refractivity contribution in [1.82, 2.24) is 0 Å². The van der Waals surface area contributed by atoms with E-state index in [1.54, 1.807) is 25.6 Å². The van der Waals surface area contributed by atoms with Gasteiger partial charge in [-0.15, -0.1) is 0 Å². The zero-order chi connectivity index (χ0) is 21.9. The van der Waals surface area contributed by atoms with Gasteiger partial charge in [0.05, 0.1) is 19.3 Å². The van der Waals surface area contributed by atoms with Crippen molar-refractivity contribution in [1.29, 1.82) is 0 Å². The van der Waals surface area contributed by atoms with E-state index in [0.29, 0.717) is 5.76 Å². The van der Waals surface area contributed by atoms with Gasteiger partial charge in [-0.25, -0.2) is 0 Å². The smallest absolute Gasteiger partial charge is 0.127 e. The van der Waals surface area contributed by atoms with Crippen molar-refractivity contribution in [3.05, 3.63) is 84.3 Å². The van der Waals surface area contributed by atoms with Gasteiger partial charge in [0.15, 0.2) is 0 Å². The fourth-order valence-electron chi connectivity index (χ4n) is 2.66. The second-order valence-electron chi connectivity index (χ2n) is 7.25. The van der Waals surface area contributed by atoms with Crippen LogP contribution in [0.15, 0.2) is 78.1 Å². The number of nitrogens with zero attached hydrogens (tertiary/aromatic N) is 1. The molecular weight excluding hydrogens is 374 g/mol. The lowest BCUT2D eigenvalue weighted by atomic mass is 10.1. The molecular formula is C26H31NO3. The van der Waals surface area contributed by atoms with Crippen LogP contribution < -0.4 is 9.47 Å². The quantitative estimate of drug-likeness (QED) is 0.256. The average molecular weight is 406 g/mol. The summed E-state index contributed by atoms with van der Waals surface area (Å²) in [7, 11) is 1.62. The van der Waals surface area contributed by atoms with Gasteiger partial charge in [0.25, 0.3) is 0 Å². The third kappa shape index (κ3) is 7.63. The number of rotatable bonds is 10. The highest BCUT2D eigenvalue weighted by Crippen LogP contribution is 2.24. The monoisotopic (exact) mass is 405 g/mol. The van der Waals surface area contributed by atoms with Gasteiger partial charge < -0.3 is 14.2 Å². The molecule has 0 aliphatic heterocycles. The Labute approximate surface area is 180 Å². The number of hydrogen-bond acceptors (Lipinski definition) is 4. The van der Waals surface area contributed by atoms with Crippen LogP contribution in [0.5, 0.6) is 11.5 Å². The predicted molar refractivity (Wildman–Crippen MR) is 126 cm³/mol. The second-order valence-corrected chi connectivity index (χ2v) is 7.25. The largest absolute Gasteiger partial charge is 0.496 e. The van der Waals surface area contributed by atoms with E-state index in [1.165, 1.54) is 0 Å². The molecule has 4 nitrogen and oxygen atoms in total. The van der Waals surface area contributed by atoms with E-state index in [0.717, 1.165) is 28.2 Å². The summed E-state index contributed by atoms with van der Waals surface area (Å²) in [5, 5.41) is 0. The van der Waals surface area contributed by atoms with Gasteiger partial charge in [-0.3, -0.25) is 4.99 Å². The minimum absolute atomic E-state index is 0.143. The van der Waals surface area contributed by atoms with Crippen molar-refractivity contribution in [3.63, 3.8) is 0 Å². The lowest BCUT2D eigenvalue weighted by Crippen LogP contribution is -2.05. The first-order valence-electron chi connectivity index (χ1n) is 10.1. The molecule has 2 rings (SSSR count). The van der Waals surface area contributed by atoms with Gasteiger partial charge in [-0.2, -0.15) is 0 Å². The van der Waals surface area contributed by atoms with E-state index < -0.39 is 0 Å². The van der Waals surface area contributed by atoms with Crippen LogP contribution in [0.3, 0.4) is 0 Å². The number of methoxy groups -OCH3 is 1. The maximum absolute atomic E-state index is 5.68. The summed E-state index contributed by atoms with van der Waals surface area (Å²) in [6, 6.07) is 15.7. The Kier molecular flexibility index (Phi) is 8.95. The molecule has 0 aliphatic rings. The maximum atomic E-state index is 5.68. The molecule has 0 amide bonds. The molecule has 0 spiro atoms. The molecule has 0 atom stereocenters. The van der Waals surface area contributed by atoms with Gasteiger partial charge in [0.1, 0.15) is 17.3 Å². The molecule has 0 fully saturated rings. The summed E-state index contributed by atoms with van der Waals surface area (Å²) < 4.78 is 16.8. The standard InChI is InChI=1S/C26H31NO3/c1-19(2)29-24-11-7-22(8-12-24)15-17-27-18-16-26(28-6)21(5)23-9-13-25(14-10-23)30-20(3)4/h7-20H,5H2,1-4,6H3/b17-15+,26-16+,27-18+. The van der Waals surface area contributed by atoms with Crippen LogP contribution in [0.4, 0.5) is 0 Å². The summed E-state index contributed by atoms with van der Waals surface area (Å²) in [5.41, 5.74) is 2.80. The Morgan fingerprint density at radius 3 is 1.90 bits per heavy atom. The molecule has 30 heavy (non-hydrogen) atoms. The predicted octanol–water partition coefficient (Wildman–Crippen LogP) is 6.55. The molecule has 0 bridgehead atoms. The van der Waals surface area contributed by atoms with Crippen molar-refractivity contribution in [2.75, 3.05) is 7.11 Å². The molecule has 0 N–H and O–H groups in total. The highest BCUT2D eigenvalue weighted by molar-refractivity contribution is 5.83. The van der Waals surface area contributed by atoms with Gasteiger partial charge >= 0.3 is 0 Å². The zero-order valence-electron chi connectivity index (χ0n) is 18.5. The van der Waals surface area contributed by atoms with Gasteiger partial charge in [0.2, 0.25) is 0 Å². The van der Waals surface area contributed by atoms with Crippen molar-refractivity contribution < 1.29 is 14.2 Å². The summed E-state index contributed by atoms with van der Waals surface area (Å²) in [6.45, 7) is 12.2. The lowest BCUT2D eigenvalue weighted by Gasteiger charge is -2.12. The molecule has 0 unspecified atom stereocenters. The minimum Gasteiger partial charge on any atom is -0.496 e. The Bertz CT molecular complexity index is 889. The van der Waals surface area contributed by atoms with Gasteiger partial charge in [0, 0.05) is 18.0 Å². The number of hydrogen-bond donors (Lipinski definition) is 0. The van der Waals surface area contributed by atoms with E-state index in [9.17, 15) is 0 Å². The van der Waals surface area contributed by atoms with Crippen LogP contribution in [0.25, 0.3) is 11.6 Å². The molecule has 0 radical (unpaired) electrons. The number of ether oxygens (including phenoxy) is 3. The maximum Gasteiger partial charge on any atom is 0.127 e. The Hall–Kier alpha value is -3.27. The zero-order valence-corrected chi connectivity index (χ0v) is 18.5. The molecule has 2 aromatic rings. The van der Waals surface area contributed by atoms with Crippen LogP contribution in [0.1, 0.15) is 38.8 Å². The Morgan fingerprint density at radius 2 is 1.40 bits per heavy atom. The van der Waals surface area contributed by atoms with Crippen LogP contribution in [0, 0.1) is 0 Å². The molecule has 158 valence electrons. The van der Waals surface area contributed by atoms with Crippen LogP contribution in [-0.2, 0) is 4.74 Å².